The number of aliphatic hydroxyl groups is 1. The number of ether oxygens (including phenoxy) is 3. The van der Waals surface area contributed by atoms with Gasteiger partial charge in [-0.25, -0.2) is 4.98 Å². The first-order chi connectivity index (χ1) is 13.1. The maximum Gasteiger partial charge on any atom is 0.226 e. The number of aromatic nitrogens is 1. The maximum atomic E-state index is 12.4. The molecule has 27 heavy (non-hydrogen) atoms. The monoisotopic (exact) mass is 372 g/mol. The van der Waals surface area contributed by atoms with E-state index in [4.69, 9.17) is 14.2 Å². The molecule has 2 N–H and O–H groups in total. The van der Waals surface area contributed by atoms with E-state index in [-0.39, 0.29) is 11.9 Å². The van der Waals surface area contributed by atoms with Gasteiger partial charge in [0.15, 0.2) is 0 Å². The van der Waals surface area contributed by atoms with E-state index in [1.54, 1.807) is 13.3 Å². The van der Waals surface area contributed by atoms with Gasteiger partial charge in [0.05, 0.1) is 24.7 Å². The Bertz CT molecular complexity index is 834. The minimum Gasteiger partial charge on any atom is -0.497 e. The van der Waals surface area contributed by atoms with Crippen LogP contribution in [-0.4, -0.2) is 54.6 Å². The van der Waals surface area contributed by atoms with Crippen LogP contribution < -0.4 is 14.8 Å². The quantitative estimate of drug-likeness (QED) is 0.830. The predicted molar refractivity (Wildman–Crippen MR) is 98.8 cm³/mol. The first-order valence-corrected chi connectivity index (χ1v) is 9.25. The topological polar surface area (TPSA) is 89.9 Å². The average molecular weight is 372 g/mol. The molecule has 0 saturated carbocycles. The second-order valence-electron chi connectivity index (χ2n) is 7.22. The molecular weight excluding hydrogens is 348 g/mol. The summed E-state index contributed by atoms with van der Waals surface area (Å²) in [5.41, 5.74) is -0.984. The largest absolute Gasteiger partial charge is 0.497 e. The number of pyridine rings is 1. The van der Waals surface area contributed by atoms with Crippen molar-refractivity contribution in [1.82, 2.24) is 10.3 Å². The van der Waals surface area contributed by atoms with E-state index in [1.807, 2.05) is 24.3 Å². The number of hydrogen-bond acceptors (Lipinski definition) is 6. The molecule has 3 heterocycles. The van der Waals surface area contributed by atoms with Gasteiger partial charge in [0.2, 0.25) is 11.8 Å². The lowest BCUT2D eigenvalue weighted by Crippen LogP contribution is -2.46. The molecule has 2 aromatic rings. The number of amides is 1. The fourth-order valence-electron chi connectivity index (χ4n) is 3.94. The summed E-state index contributed by atoms with van der Waals surface area (Å²) in [6, 6.07) is 7.49. The smallest absolute Gasteiger partial charge is 0.226 e. The highest BCUT2D eigenvalue weighted by Crippen LogP contribution is 2.35. The number of carbonyl (C=O) groups is 1. The molecule has 7 heteroatoms. The van der Waals surface area contributed by atoms with Crippen molar-refractivity contribution in [2.45, 2.75) is 30.9 Å². The van der Waals surface area contributed by atoms with E-state index < -0.39 is 11.5 Å². The Morgan fingerprint density at radius 1 is 1.33 bits per heavy atom. The van der Waals surface area contributed by atoms with Gasteiger partial charge < -0.3 is 24.6 Å². The molecular formula is C20H24N2O5. The zero-order valence-electron chi connectivity index (χ0n) is 15.3. The summed E-state index contributed by atoms with van der Waals surface area (Å²) in [4.78, 5) is 16.7. The van der Waals surface area contributed by atoms with Gasteiger partial charge in [-0.2, -0.15) is 0 Å². The van der Waals surface area contributed by atoms with Crippen molar-refractivity contribution < 1.29 is 24.1 Å². The number of carbonyl (C=O) groups excluding carboxylic acids is 1. The van der Waals surface area contributed by atoms with Crippen molar-refractivity contribution in [3.05, 3.63) is 30.5 Å². The highest BCUT2D eigenvalue weighted by molar-refractivity contribution is 5.88. The number of benzene rings is 1. The molecule has 1 aromatic heterocycles. The fraction of sp³-hybridized carbons (Fsp3) is 0.500. The van der Waals surface area contributed by atoms with Crippen LogP contribution in [-0.2, 0) is 9.53 Å². The Morgan fingerprint density at radius 2 is 2.15 bits per heavy atom. The van der Waals surface area contributed by atoms with Crippen molar-refractivity contribution in [2.75, 3.05) is 26.9 Å². The lowest BCUT2D eigenvalue weighted by molar-refractivity contribution is -0.139. The molecule has 1 amide bonds. The lowest BCUT2D eigenvalue weighted by atomic mass is 9.79. The standard InChI is InChI=1S/C20H24N2O5/c1-25-15-3-2-13-4-7-21-19(16(13)11-15)27-12-14-10-17(18(23)22-14)20(24)5-8-26-9-6-20/h2-4,7,11,14,17,24H,5-6,8-10,12H2,1H3,(H,22,23)/t14-,17+/m0/s1. The number of hydrogen-bond donors (Lipinski definition) is 2. The Morgan fingerprint density at radius 3 is 2.93 bits per heavy atom. The van der Waals surface area contributed by atoms with Crippen LogP contribution in [0.4, 0.5) is 0 Å². The number of methoxy groups -OCH3 is 1. The van der Waals surface area contributed by atoms with Gasteiger partial charge in [0, 0.05) is 37.6 Å². The van der Waals surface area contributed by atoms with Crippen LogP contribution in [0.2, 0.25) is 0 Å². The molecule has 7 nitrogen and oxygen atoms in total. The highest BCUT2D eigenvalue weighted by atomic mass is 16.5. The second kappa shape index (κ2) is 7.32. The molecule has 144 valence electrons. The van der Waals surface area contributed by atoms with Crippen molar-refractivity contribution >= 4 is 16.7 Å². The van der Waals surface area contributed by atoms with E-state index >= 15 is 0 Å². The van der Waals surface area contributed by atoms with E-state index in [9.17, 15) is 9.90 Å². The van der Waals surface area contributed by atoms with E-state index in [2.05, 4.69) is 10.3 Å². The Kier molecular flexibility index (Phi) is 4.88. The van der Waals surface area contributed by atoms with Crippen molar-refractivity contribution in [3.63, 3.8) is 0 Å². The van der Waals surface area contributed by atoms with Gasteiger partial charge in [-0.15, -0.1) is 0 Å². The zero-order chi connectivity index (χ0) is 18.9. The van der Waals surface area contributed by atoms with E-state index in [1.165, 1.54) is 0 Å². The number of fused-ring (bicyclic) bond motifs is 1. The van der Waals surface area contributed by atoms with Crippen LogP contribution in [0.3, 0.4) is 0 Å². The Hall–Kier alpha value is -2.38. The van der Waals surface area contributed by atoms with Gasteiger partial charge >= 0.3 is 0 Å². The van der Waals surface area contributed by atoms with Gasteiger partial charge in [-0.3, -0.25) is 4.79 Å². The third kappa shape index (κ3) is 3.57. The Balaban J connectivity index is 1.45. The minimum atomic E-state index is -0.984. The molecule has 0 spiro atoms. The van der Waals surface area contributed by atoms with Gasteiger partial charge in [-0.05, 0) is 30.0 Å². The summed E-state index contributed by atoms with van der Waals surface area (Å²) in [6.07, 6.45) is 3.22. The first kappa shape index (κ1) is 18.0. The summed E-state index contributed by atoms with van der Waals surface area (Å²) in [5, 5.41) is 15.7. The molecule has 2 saturated heterocycles. The minimum absolute atomic E-state index is 0.111. The van der Waals surface area contributed by atoms with Crippen LogP contribution >= 0.6 is 0 Å². The number of nitrogens with one attached hydrogen (secondary N) is 1. The third-order valence-electron chi connectivity index (χ3n) is 5.55. The normalized spacial score (nSPS) is 24.6. The average Bonchev–Trinajstić information content (AvgIpc) is 3.08. The summed E-state index contributed by atoms with van der Waals surface area (Å²) < 4.78 is 16.5. The van der Waals surface area contributed by atoms with E-state index in [0.29, 0.717) is 45.0 Å². The molecule has 0 bridgehead atoms. The molecule has 2 aliphatic heterocycles. The van der Waals surface area contributed by atoms with Crippen LogP contribution in [0.5, 0.6) is 11.6 Å². The molecule has 2 atom stereocenters. The summed E-state index contributed by atoms with van der Waals surface area (Å²) in [6.45, 7) is 1.28. The zero-order valence-corrected chi connectivity index (χ0v) is 15.3. The van der Waals surface area contributed by atoms with Crippen molar-refractivity contribution in [3.8, 4) is 11.6 Å². The SMILES string of the molecule is COc1ccc2ccnc(OC[C@@H]3C[C@@H](C4(O)CCOCC4)C(=O)N3)c2c1. The molecule has 0 unspecified atom stereocenters. The van der Waals surface area contributed by atoms with Gasteiger partial charge in [0.25, 0.3) is 0 Å². The van der Waals surface area contributed by atoms with Gasteiger partial charge in [-0.1, -0.05) is 6.07 Å². The van der Waals surface area contributed by atoms with Gasteiger partial charge in [0.1, 0.15) is 12.4 Å². The van der Waals surface area contributed by atoms with Crippen molar-refractivity contribution in [2.24, 2.45) is 5.92 Å². The molecule has 1 aromatic carbocycles. The van der Waals surface area contributed by atoms with E-state index in [0.717, 1.165) is 16.5 Å². The summed E-state index contributed by atoms with van der Waals surface area (Å²) in [5.74, 6) is 0.710. The molecule has 0 radical (unpaired) electrons. The molecule has 0 aliphatic carbocycles. The molecule has 2 fully saturated rings. The fourth-order valence-corrected chi connectivity index (χ4v) is 3.94. The predicted octanol–water partition coefficient (Wildman–Crippen LogP) is 1.67. The lowest BCUT2D eigenvalue weighted by Gasteiger charge is -2.35. The molecule has 4 rings (SSSR count). The first-order valence-electron chi connectivity index (χ1n) is 9.25. The second-order valence-corrected chi connectivity index (χ2v) is 7.22. The summed E-state index contributed by atoms with van der Waals surface area (Å²) in [7, 11) is 1.62. The van der Waals surface area contributed by atoms with Crippen LogP contribution in [0.25, 0.3) is 10.8 Å². The van der Waals surface area contributed by atoms with Crippen LogP contribution in [0.15, 0.2) is 30.5 Å². The maximum absolute atomic E-state index is 12.4. The third-order valence-corrected chi connectivity index (χ3v) is 5.55. The highest BCUT2D eigenvalue weighted by Gasteiger charge is 2.47. The summed E-state index contributed by atoms with van der Waals surface area (Å²) >= 11 is 0. The van der Waals surface area contributed by atoms with Crippen LogP contribution in [0, 0.1) is 5.92 Å². The molecule has 2 aliphatic rings. The van der Waals surface area contributed by atoms with Crippen molar-refractivity contribution in [1.29, 1.82) is 0 Å². The number of nitrogens with zero attached hydrogens (tertiary/aromatic N) is 1. The Labute approximate surface area is 157 Å². The number of rotatable bonds is 5. The van der Waals surface area contributed by atoms with Crippen LogP contribution in [0.1, 0.15) is 19.3 Å².